The summed E-state index contributed by atoms with van der Waals surface area (Å²) in [5.74, 6) is -0.964. The molecular weight excluding hydrogens is 276 g/mol. The summed E-state index contributed by atoms with van der Waals surface area (Å²) in [6, 6.07) is 10.9. The van der Waals surface area contributed by atoms with E-state index in [-0.39, 0.29) is 5.56 Å². The van der Waals surface area contributed by atoms with Gasteiger partial charge in [0, 0.05) is 23.3 Å². The quantitative estimate of drug-likeness (QED) is 0.774. The van der Waals surface area contributed by atoms with Crippen LogP contribution < -0.4 is 0 Å². The van der Waals surface area contributed by atoms with Crippen molar-refractivity contribution in [3.8, 4) is 0 Å². The number of carbonyl (C=O) groups is 1. The highest BCUT2D eigenvalue weighted by Crippen LogP contribution is 2.20. The normalized spacial score (nSPS) is 10.8. The van der Waals surface area contributed by atoms with E-state index in [1.54, 1.807) is 0 Å². The Bertz CT molecular complexity index is 795. The van der Waals surface area contributed by atoms with Gasteiger partial charge in [0.25, 0.3) is 0 Å². The van der Waals surface area contributed by atoms with Crippen molar-refractivity contribution in [2.45, 2.75) is 6.42 Å². The van der Waals surface area contributed by atoms with Crippen LogP contribution in [0.1, 0.15) is 21.6 Å². The Morgan fingerprint density at radius 2 is 2.15 bits per heavy atom. The fraction of sp³-hybridized carbons (Fsp3) is 0.0667. The zero-order chi connectivity index (χ0) is 14.1. The van der Waals surface area contributed by atoms with Crippen LogP contribution in [0.5, 0.6) is 0 Å². The number of carboxylic acids is 1. The zero-order valence-corrected chi connectivity index (χ0v) is 11.2. The number of aromatic carboxylic acids is 1. The predicted octanol–water partition coefficient (Wildman–Crippen LogP) is 3.51. The lowest BCUT2D eigenvalue weighted by Crippen LogP contribution is -1.97. The van der Waals surface area contributed by atoms with E-state index in [9.17, 15) is 4.79 Å². The lowest BCUT2D eigenvalue weighted by Gasteiger charge is -1.99. The van der Waals surface area contributed by atoms with Crippen molar-refractivity contribution in [2.75, 3.05) is 0 Å². The number of aromatic amines is 1. The number of H-pyrrole nitrogens is 1. The lowest BCUT2D eigenvalue weighted by molar-refractivity contribution is 0.0699. The summed E-state index contributed by atoms with van der Waals surface area (Å²) in [6.45, 7) is 0. The molecular formula is C15H11ClN2O2. The summed E-state index contributed by atoms with van der Waals surface area (Å²) in [4.78, 5) is 18.5. The fourth-order valence-corrected chi connectivity index (χ4v) is 2.43. The van der Waals surface area contributed by atoms with Gasteiger partial charge in [0.15, 0.2) is 0 Å². The van der Waals surface area contributed by atoms with Crippen molar-refractivity contribution in [3.63, 3.8) is 0 Å². The smallest absolute Gasteiger partial charge is 0.337 e. The highest BCUT2D eigenvalue weighted by atomic mass is 35.5. The van der Waals surface area contributed by atoms with Crippen molar-refractivity contribution in [3.05, 3.63) is 64.4 Å². The number of nitrogens with one attached hydrogen (secondary N) is 1. The van der Waals surface area contributed by atoms with Gasteiger partial charge in [0.2, 0.25) is 0 Å². The van der Waals surface area contributed by atoms with E-state index in [2.05, 4.69) is 9.97 Å². The first kappa shape index (κ1) is 12.7. The van der Waals surface area contributed by atoms with Crippen LogP contribution in [0.3, 0.4) is 0 Å². The molecule has 0 unspecified atom stereocenters. The van der Waals surface area contributed by atoms with Crippen molar-refractivity contribution >= 4 is 28.6 Å². The van der Waals surface area contributed by atoms with E-state index in [1.165, 1.54) is 12.3 Å². The second-order valence-corrected chi connectivity index (χ2v) is 4.96. The minimum absolute atomic E-state index is 0.229. The van der Waals surface area contributed by atoms with Gasteiger partial charge in [-0.3, -0.25) is 4.98 Å². The third-order valence-electron chi connectivity index (χ3n) is 3.09. The van der Waals surface area contributed by atoms with Gasteiger partial charge in [0.1, 0.15) is 0 Å². The number of benzene rings is 1. The number of rotatable bonds is 3. The van der Waals surface area contributed by atoms with Crippen LogP contribution in [0, 0.1) is 0 Å². The van der Waals surface area contributed by atoms with Crippen LogP contribution in [-0.4, -0.2) is 21.0 Å². The third-order valence-corrected chi connectivity index (χ3v) is 3.33. The molecule has 0 fully saturated rings. The lowest BCUT2D eigenvalue weighted by atomic mass is 10.1. The highest BCUT2D eigenvalue weighted by molar-refractivity contribution is 6.30. The minimum atomic E-state index is -0.964. The summed E-state index contributed by atoms with van der Waals surface area (Å²) in [5, 5.41) is 9.84. The molecule has 2 aromatic heterocycles. The molecule has 5 heteroatoms. The van der Waals surface area contributed by atoms with Crippen LogP contribution in [0.15, 0.2) is 42.6 Å². The summed E-state index contributed by atoms with van der Waals surface area (Å²) in [6.07, 6.45) is 2.15. The topological polar surface area (TPSA) is 66.0 Å². The van der Waals surface area contributed by atoms with Crippen LogP contribution >= 0.6 is 11.6 Å². The van der Waals surface area contributed by atoms with Crippen LogP contribution in [0.2, 0.25) is 5.02 Å². The van der Waals surface area contributed by atoms with Gasteiger partial charge < -0.3 is 10.1 Å². The monoisotopic (exact) mass is 286 g/mol. The molecule has 0 atom stereocenters. The number of carboxylic acid groups (broad SMARTS) is 1. The summed E-state index contributed by atoms with van der Waals surface area (Å²) < 4.78 is 0. The van der Waals surface area contributed by atoms with Gasteiger partial charge in [0.05, 0.1) is 16.6 Å². The zero-order valence-electron chi connectivity index (χ0n) is 10.4. The number of pyridine rings is 1. The Labute approximate surface area is 120 Å². The van der Waals surface area contributed by atoms with E-state index >= 15 is 0 Å². The Hall–Kier alpha value is -2.33. The molecule has 0 radical (unpaired) electrons. The highest BCUT2D eigenvalue weighted by Gasteiger charge is 2.12. The first-order valence-electron chi connectivity index (χ1n) is 6.08. The van der Waals surface area contributed by atoms with E-state index in [4.69, 9.17) is 16.7 Å². The SMILES string of the molecule is O=C(O)c1ccnc2cc(Cc3cccc(Cl)c3)[nH]c12. The van der Waals surface area contributed by atoms with Gasteiger partial charge in [-0.15, -0.1) is 0 Å². The van der Waals surface area contributed by atoms with Gasteiger partial charge in [-0.05, 0) is 29.8 Å². The van der Waals surface area contributed by atoms with Gasteiger partial charge in [-0.2, -0.15) is 0 Å². The Balaban J connectivity index is 2.01. The number of nitrogens with zero attached hydrogens (tertiary/aromatic N) is 1. The molecule has 0 spiro atoms. The standard InChI is InChI=1S/C15H11ClN2O2/c16-10-3-1-2-9(6-10)7-11-8-13-14(18-11)12(15(19)20)4-5-17-13/h1-6,8,18H,7H2,(H,19,20). The molecule has 1 aromatic carbocycles. The molecule has 0 saturated carbocycles. The molecule has 0 saturated heterocycles. The first-order chi connectivity index (χ1) is 9.63. The van der Waals surface area contributed by atoms with Crippen molar-refractivity contribution in [1.82, 2.24) is 9.97 Å². The molecule has 0 bridgehead atoms. The molecule has 4 nitrogen and oxygen atoms in total. The van der Waals surface area contributed by atoms with E-state index in [0.29, 0.717) is 22.5 Å². The second kappa shape index (κ2) is 4.98. The van der Waals surface area contributed by atoms with E-state index < -0.39 is 5.97 Å². The molecule has 3 rings (SSSR count). The maximum absolute atomic E-state index is 11.2. The maximum atomic E-state index is 11.2. The molecule has 2 N–H and O–H groups in total. The molecule has 3 aromatic rings. The van der Waals surface area contributed by atoms with Crippen LogP contribution in [0.25, 0.3) is 11.0 Å². The van der Waals surface area contributed by atoms with Crippen LogP contribution in [0.4, 0.5) is 0 Å². The van der Waals surface area contributed by atoms with Crippen molar-refractivity contribution in [2.24, 2.45) is 0 Å². The number of aromatic nitrogens is 2. The summed E-state index contributed by atoms with van der Waals surface area (Å²) in [5.41, 5.74) is 3.40. The predicted molar refractivity (Wildman–Crippen MR) is 77.3 cm³/mol. The fourth-order valence-electron chi connectivity index (χ4n) is 2.22. The van der Waals surface area contributed by atoms with Crippen LogP contribution in [-0.2, 0) is 6.42 Å². The molecule has 100 valence electrons. The Morgan fingerprint density at radius 3 is 2.90 bits per heavy atom. The molecule has 2 heterocycles. The number of hydrogen-bond donors (Lipinski definition) is 2. The molecule has 0 aliphatic carbocycles. The Kier molecular flexibility index (Phi) is 3.16. The van der Waals surface area contributed by atoms with Crippen molar-refractivity contribution < 1.29 is 9.90 Å². The Morgan fingerprint density at radius 1 is 1.30 bits per heavy atom. The molecule has 0 aliphatic heterocycles. The number of hydrogen-bond acceptors (Lipinski definition) is 2. The summed E-state index contributed by atoms with van der Waals surface area (Å²) >= 11 is 5.96. The summed E-state index contributed by atoms with van der Waals surface area (Å²) in [7, 11) is 0. The van der Waals surface area contributed by atoms with Gasteiger partial charge in [-0.25, -0.2) is 4.79 Å². The van der Waals surface area contributed by atoms with Crippen molar-refractivity contribution in [1.29, 1.82) is 0 Å². The first-order valence-corrected chi connectivity index (χ1v) is 6.45. The van der Waals surface area contributed by atoms with E-state index in [1.807, 2.05) is 30.3 Å². The average molecular weight is 287 g/mol. The average Bonchev–Trinajstić information content (AvgIpc) is 2.80. The number of fused-ring (bicyclic) bond motifs is 1. The second-order valence-electron chi connectivity index (χ2n) is 4.53. The molecule has 0 amide bonds. The minimum Gasteiger partial charge on any atom is -0.478 e. The maximum Gasteiger partial charge on any atom is 0.337 e. The largest absolute Gasteiger partial charge is 0.478 e. The molecule has 20 heavy (non-hydrogen) atoms. The number of halogens is 1. The van der Waals surface area contributed by atoms with Gasteiger partial charge in [-0.1, -0.05) is 23.7 Å². The van der Waals surface area contributed by atoms with E-state index in [0.717, 1.165) is 11.3 Å². The van der Waals surface area contributed by atoms with Gasteiger partial charge >= 0.3 is 5.97 Å². The third kappa shape index (κ3) is 2.38. The molecule has 0 aliphatic rings.